The third-order valence-electron chi connectivity index (χ3n) is 5.06. The van der Waals surface area contributed by atoms with Crippen molar-refractivity contribution in [3.05, 3.63) is 35.0 Å². The lowest BCUT2D eigenvalue weighted by molar-refractivity contribution is -0.00377. The molecule has 1 amide bonds. The van der Waals surface area contributed by atoms with Crippen molar-refractivity contribution in [1.82, 2.24) is 9.88 Å². The van der Waals surface area contributed by atoms with Gasteiger partial charge < -0.3 is 20.1 Å². The van der Waals surface area contributed by atoms with Crippen LogP contribution in [0.5, 0.6) is 0 Å². The molecule has 5 nitrogen and oxygen atoms in total. The van der Waals surface area contributed by atoms with Crippen molar-refractivity contribution >= 4 is 16.8 Å². The molecule has 2 aromatic rings. The van der Waals surface area contributed by atoms with Gasteiger partial charge in [0, 0.05) is 30.6 Å². The molecule has 0 spiro atoms. The van der Waals surface area contributed by atoms with Gasteiger partial charge in [0.2, 0.25) is 0 Å². The number of H-pyrrole nitrogens is 1. The fourth-order valence-corrected chi connectivity index (χ4v) is 3.99. The predicted octanol–water partition coefficient (Wildman–Crippen LogP) is 1.61. The van der Waals surface area contributed by atoms with E-state index in [4.69, 9.17) is 0 Å². The molecule has 0 saturated carbocycles. The van der Waals surface area contributed by atoms with E-state index in [1.165, 1.54) is 24.1 Å². The van der Waals surface area contributed by atoms with Gasteiger partial charge in [0.1, 0.15) is 0 Å². The van der Waals surface area contributed by atoms with E-state index in [-0.39, 0.29) is 19.0 Å². The van der Waals surface area contributed by atoms with Gasteiger partial charge in [0.05, 0.1) is 23.3 Å². The summed E-state index contributed by atoms with van der Waals surface area (Å²) < 4.78 is 0. The van der Waals surface area contributed by atoms with Crippen LogP contribution in [0.2, 0.25) is 0 Å². The number of hydrogen-bond acceptors (Lipinski definition) is 3. The van der Waals surface area contributed by atoms with Crippen LogP contribution in [-0.2, 0) is 12.8 Å². The number of β-amino-alcohol motifs (C(OH)–C–C–N with tert-alkyl or cyclic N) is 2. The van der Waals surface area contributed by atoms with Crippen molar-refractivity contribution in [3.63, 3.8) is 0 Å². The van der Waals surface area contributed by atoms with Gasteiger partial charge in [-0.05, 0) is 37.3 Å². The van der Waals surface area contributed by atoms with Crippen LogP contribution in [0.15, 0.2) is 18.2 Å². The number of hydrogen-bond donors (Lipinski definition) is 3. The Hall–Kier alpha value is -1.85. The Morgan fingerprint density at radius 3 is 2.65 bits per heavy atom. The van der Waals surface area contributed by atoms with Crippen molar-refractivity contribution in [2.24, 2.45) is 0 Å². The summed E-state index contributed by atoms with van der Waals surface area (Å²) in [6.45, 7) is 0.569. The Morgan fingerprint density at radius 2 is 1.87 bits per heavy atom. The van der Waals surface area contributed by atoms with Gasteiger partial charge in [0.15, 0.2) is 0 Å². The topological polar surface area (TPSA) is 76.6 Å². The van der Waals surface area contributed by atoms with Gasteiger partial charge >= 0.3 is 0 Å². The van der Waals surface area contributed by atoms with Gasteiger partial charge in [-0.25, -0.2) is 0 Å². The molecule has 2 heterocycles. The van der Waals surface area contributed by atoms with Gasteiger partial charge in [0.25, 0.3) is 5.91 Å². The number of aromatic nitrogens is 1. The van der Waals surface area contributed by atoms with Crippen LogP contribution >= 0.6 is 0 Å². The number of amides is 1. The van der Waals surface area contributed by atoms with E-state index >= 15 is 0 Å². The highest BCUT2D eigenvalue weighted by Gasteiger charge is 2.29. The highest BCUT2D eigenvalue weighted by atomic mass is 16.3. The number of rotatable bonds is 1. The average Bonchev–Trinajstić information content (AvgIpc) is 2.92. The number of para-hydroxylation sites is 1. The molecule has 0 radical (unpaired) electrons. The second-order valence-corrected chi connectivity index (χ2v) is 6.77. The molecule has 23 heavy (non-hydrogen) atoms. The maximum absolute atomic E-state index is 12.9. The summed E-state index contributed by atoms with van der Waals surface area (Å²) >= 11 is 0. The lowest BCUT2D eigenvalue weighted by atomic mass is 9.95. The van der Waals surface area contributed by atoms with E-state index in [1.54, 1.807) is 4.90 Å². The predicted molar refractivity (Wildman–Crippen MR) is 87.5 cm³/mol. The van der Waals surface area contributed by atoms with Crippen LogP contribution in [0.3, 0.4) is 0 Å². The number of aryl methyl sites for hydroxylation is 2. The van der Waals surface area contributed by atoms with Crippen LogP contribution in [0, 0.1) is 0 Å². The first kappa shape index (κ1) is 14.7. The number of nitrogens with one attached hydrogen (secondary N) is 1. The highest BCUT2D eigenvalue weighted by Crippen LogP contribution is 2.31. The average molecular weight is 314 g/mol. The molecule has 3 N–H and O–H groups in total. The third-order valence-corrected chi connectivity index (χ3v) is 5.06. The molecule has 2 aliphatic rings. The molecule has 4 rings (SSSR count). The van der Waals surface area contributed by atoms with Crippen molar-refractivity contribution in [3.8, 4) is 0 Å². The van der Waals surface area contributed by atoms with E-state index in [2.05, 4.69) is 11.1 Å². The first-order valence-corrected chi connectivity index (χ1v) is 8.41. The number of carbonyl (C=O) groups is 1. The molecule has 0 unspecified atom stereocenters. The lowest BCUT2D eigenvalue weighted by Gasteiger charge is -2.33. The molecule has 1 fully saturated rings. The van der Waals surface area contributed by atoms with Crippen molar-refractivity contribution in [2.75, 3.05) is 13.1 Å². The van der Waals surface area contributed by atoms with Gasteiger partial charge in [-0.1, -0.05) is 12.1 Å². The Labute approximate surface area is 134 Å². The van der Waals surface area contributed by atoms with E-state index in [1.807, 2.05) is 12.1 Å². The summed E-state index contributed by atoms with van der Waals surface area (Å²) in [6, 6.07) is 5.84. The zero-order chi connectivity index (χ0) is 16.0. The maximum Gasteiger partial charge on any atom is 0.256 e. The molecule has 1 aliphatic heterocycles. The number of aliphatic hydroxyl groups is 2. The molecule has 122 valence electrons. The number of likely N-dealkylation sites (tertiary alicyclic amines) is 1. The zero-order valence-corrected chi connectivity index (χ0v) is 13.1. The first-order chi connectivity index (χ1) is 11.1. The molecule has 1 saturated heterocycles. The maximum atomic E-state index is 12.9. The fraction of sp³-hybridized carbons (Fsp3) is 0.500. The Bertz CT molecular complexity index is 742. The Kier molecular flexibility index (Phi) is 3.62. The molecule has 2 atom stereocenters. The molecule has 1 aliphatic carbocycles. The minimum atomic E-state index is -0.654. The van der Waals surface area contributed by atoms with E-state index in [9.17, 15) is 15.0 Å². The summed E-state index contributed by atoms with van der Waals surface area (Å²) in [6.07, 6.45) is 3.52. The third kappa shape index (κ3) is 2.54. The van der Waals surface area contributed by atoms with Crippen molar-refractivity contribution in [2.45, 2.75) is 44.3 Å². The van der Waals surface area contributed by atoms with Crippen LogP contribution in [0.4, 0.5) is 0 Å². The van der Waals surface area contributed by atoms with Crippen molar-refractivity contribution < 1.29 is 15.0 Å². The SMILES string of the molecule is O=C(c1cccc2c3c([nH]c12)CCCC3)N1C[C@H](O)C[C@@H](O)C1. The number of aliphatic hydroxyl groups excluding tert-OH is 2. The van der Waals surface area contributed by atoms with Gasteiger partial charge in [-0.15, -0.1) is 0 Å². The molecule has 1 aromatic heterocycles. The normalized spacial score (nSPS) is 24.7. The first-order valence-electron chi connectivity index (χ1n) is 8.41. The van der Waals surface area contributed by atoms with Crippen LogP contribution in [0.1, 0.15) is 40.9 Å². The van der Waals surface area contributed by atoms with Crippen LogP contribution in [-0.4, -0.2) is 51.3 Å². The molecule has 5 heteroatoms. The molecular weight excluding hydrogens is 292 g/mol. The smallest absolute Gasteiger partial charge is 0.256 e. The lowest BCUT2D eigenvalue weighted by Crippen LogP contribution is -2.48. The Morgan fingerprint density at radius 1 is 1.13 bits per heavy atom. The number of aromatic amines is 1. The summed E-state index contributed by atoms with van der Waals surface area (Å²) in [5.74, 6) is -0.119. The van der Waals surface area contributed by atoms with Crippen LogP contribution in [0.25, 0.3) is 10.9 Å². The quantitative estimate of drug-likeness (QED) is 0.748. The minimum absolute atomic E-state index is 0.119. The summed E-state index contributed by atoms with van der Waals surface area (Å²) in [4.78, 5) is 17.9. The monoisotopic (exact) mass is 314 g/mol. The second kappa shape index (κ2) is 5.65. The molecule has 1 aromatic carbocycles. The minimum Gasteiger partial charge on any atom is -0.391 e. The number of benzene rings is 1. The van der Waals surface area contributed by atoms with Gasteiger partial charge in [-0.3, -0.25) is 4.79 Å². The molecule has 0 bridgehead atoms. The standard InChI is InChI=1S/C18H22N2O3/c21-11-8-12(22)10-20(9-11)18(23)15-6-3-5-14-13-4-1-2-7-16(13)19-17(14)15/h3,5-6,11-12,19,21-22H,1-2,4,7-10H2/t11-,12-/m1/s1. The molecular formula is C18H22N2O3. The number of carbonyl (C=O) groups excluding carboxylic acids is 1. The second-order valence-electron chi connectivity index (χ2n) is 6.77. The van der Waals surface area contributed by atoms with Gasteiger partial charge in [-0.2, -0.15) is 0 Å². The van der Waals surface area contributed by atoms with Crippen LogP contribution < -0.4 is 0 Å². The van der Waals surface area contributed by atoms with E-state index < -0.39 is 12.2 Å². The number of nitrogens with zero attached hydrogens (tertiary/aromatic N) is 1. The highest BCUT2D eigenvalue weighted by molar-refractivity contribution is 6.06. The zero-order valence-electron chi connectivity index (χ0n) is 13.1. The summed E-state index contributed by atoms with van der Waals surface area (Å²) in [5, 5.41) is 20.8. The fourth-order valence-electron chi connectivity index (χ4n) is 3.99. The van der Waals surface area contributed by atoms with E-state index in [0.29, 0.717) is 12.0 Å². The Balaban J connectivity index is 1.73. The number of piperidine rings is 1. The van der Waals surface area contributed by atoms with E-state index in [0.717, 1.165) is 23.7 Å². The summed E-state index contributed by atoms with van der Waals surface area (Å²) in [5.41, 5.74) is 4.14. The largest absolute Gasteiger partial charge is 0.391 e. The number of fused-ring (bicyclic) bond motifs is 3. The summed E-state index contributed by atoms with van der Waals surface area (Å²) in [7, 11) is 0. The van der Waals surface area contributed by atoms with Crippen molar-refractivity contribution in [1.29, 1.82) is 0 Å².